The third kappa shape index (κ3) is 4.06. The maximum Gasteiger partial charge on any atom is 0.255 e. The Labute approximate surface area is 179 Å². The predicted molar refractivity (Wildman–Crippen MR) is 119 cm³/mol. The van der Waals surface area contributed by atoms with Crippen LogP contribution in [0.15, 0.2) is 47.3 Å². The molecule has 1 aliphatic carbocycles. The van der Waals surface area contributed by atoms with Crippen molar-refractivity contribution in [2.45, 2.75) is 50.7 Å². The number of ether oxygens (including phenoxy) is 1. The molecule has 5 rings (SSSR count). The largest absolute Gasteiger partial charge is 0.492 e. The zero-order chi connectivity index (χ0) is 20.5. The van der Waals surface area contributed by atoms with E-state index in [2.05, 4.69) is 33.5 Å². The van der Waals surface area contributed by atoms with Crippen molar-refractivity contribution in [2.24, 2.45) is 5.92 Å². The summed E-state index contributed by atoms with van der Waals surface area (Å²) in [5, 5.41) is 0. The first-order chi connectivity index (χ1) is 14.7. The van der Waals surface area contributed by atoms with Crippen LogP contribution in [0.4, 0.5) is 0 Å². The van der Waals surface area contributed by atoms with Gasteiger partial charge in [-0.3, -0.25) is 14.6 Å². The minimum atomic E-state index is 0.218. The van der Waals surface area contributed by atoms with Crippen LogP contribution in [0.5, 0.6) is 5.75 Å². The summed E-state index contributed by atoms with van der Waals surface area (Å²) in [5.41, 5.74) is 2.38. The molecule has 3 aliphatic rings. The Morgan fingerprint density at radius 3 is 2.67 bits per heavy atom. The van der Waals surface area contributed by atoms with E-state index in [1.807, 2.05) is 30.3 Å². The first-order valence-corrected chi connectivity index (χ1v) is 11.5. The summed E-state index contributed by atoms with van der Waals surface area (Å²) in [6, 6.07) is 15.0. The summed E-state index contributed by atoms with van der Waals surface area (Å²) in [4.78, 5) is 18.1. The van der Waals surface area contributed by atoms with E-state index < -0.39 is 0 Å². The third-order valence-electron chi connectivity index (χ3n) is 7.23. The highest BCUT2D eigenvalue weighted by Crippen LogP contribution is 2.38. The maximum atomic E-state index is 13.2. The van der Waals surface area contributed by atoms with Gasteiger partial charge in [-0.15, -0.1) is 0 Å². The van der Waals surface area contributed by atoms with Crippen molar-refractivity contribution in [3.63, 3.8) is 0 Å². The monoisotopic (exact) mass is 407 g/mol. The molecule has 2 fully saturated rings. The van der Waals surface area contributed by atoms with Gasteiger partial charge < -0.3 is 9.30 Å². The van der Waals surface area contributed by atoms with E-state index in [1.165, 1.54) is 37.9 Å². The maximum absolute atomic E-state index is 13.2. The predicted octanol–water partition coefficient (Wildman–Crippen LogP) is 3.33. The van der Waals surface area contributed by atoms with Gasteiger partial charge in [0.25, 0.3) is 5.56 Å². The second-order valence-corrected chi connectivity index (χ2v) is 9.44. The lowest BCUT2D eigenvalue weighted by atomic mass is 9.80. The Bertz CT molecular complexity index is 922. The van der Waals surface area contributed by atoms with Crippen LogP contribution in [0.2, 0.25) is 0 Å². The Hall–Kier alpha value is -2.11. The molecule has 2 bridgehead atoms. The molecule has 5 heteroatoms. The Morgan fingerprint density at radius 1 is 1.07 bits per heavy atom. The van der Waals surface area contributed by atoms with Crippen LogP contribution in [0.3, 0.4) is 0 Å². The number of likely N-dealkylation sites (N-methyl/N-ethyl adjacent to an activating group) is 1. The molecule has 1 saturated heterocycles. The Morgan fingerprint density at radius 2 is 1.90 bits per heavy atom. The van der Waals surface area contributed by atoms with Gasteiger partial charge in [0.15, 0.2) is 0 Å². The zero-order valence-electron chi connectivity index (χ0n) is 18.0. The Balaban J connectivity index is 1.22. The second kappa shape index (κ2) is 8.56. The van der Waals surface area contributed by atoms with Crippen molar-refractivity contribution in [2.75, 3.05) is 33.3 Å². The quantitative estimate of drug-likeness (QED) is 0.706. The van der Waals surface area contributed by atoms with E-state index in [1.54, 1.807) is 0 Å². The van der Waals surface area contributed by atoms with E-state index in [9.17, 15) is 4.79 Å². The summed E-state index contributed by atoms with van der Waals surface area (Å²) >= 11 is 0. The normalized spacial score (nSPS) is 23.8. The molecule has 5 nitrogen and oxygen atoms in total. The first kappa shape index (κ1) is 19.8. The number of aromatic nitrogens is 1. The summed E-state index contributed by atoms with van der Waals surface area (Å²) < 4.78 is 7.90. The van der Waals surface area contributed by atoms with Crippen LogP contribution in [-0.2, 0) is 13.1 Å². The number of hydrogen-bond acceptors (Lipinski definition) is 4. The van der Waals surface area contributed by atoms with E-state index in [0.717, 1.165) is 37.0 Å². The van der Waals surface area contributed by atoms with Gasteiger partial charge in [0, 0.05) is 55.9 Å². The fourth-order valence-corrected chi connectivity index (χ4v) is 5.40. The van der Waals surface area contributed by atoms with Crippen LogP contribution in [-0.4, -0.2) is 53.7 Å². The smallest absolute Gasteiger partial charge is 0.255 e. The number of rotatable bonds is 7. The van der Waals surface area contributed by atoms with Crippen LogP contribution >= 0.6 is 0 Å². The van der Waals surface area contributed by atoms with Gasteiger partial charge in [0.05, 0.1) is 0 Å². The lowest BCUT2D eigenvalue weighted by Crippen LogP contribution is -2.52. The van der Waals surface area contributed by atoms with Gasteiger partial charge in [-0.2, -0.15) is 0 Å². The van der Waals surface area contributed by atoms with Crippen LogP contribution in [0.25, 0.3) is 0 Å². The molecule has 1 saturated carbocycles. The molecule has 0 amide bonds. The minimum Gasteiger partial charge on any atom is -0.492 e. The van der Waals surface area contributed by atoms with Gasteiger partial charge in [0.2, 0.25) is 0 Å². The summed E-state index contributed by atoms with van der Waals surface area (Å²) in [5.74, 6) is 2.04. The molecule has 3 heterocycles. The Kier molecular flexibility index (Phi) is 5.66. The SMILES string of the molecule is CN(CCOc1ccccc1)Cc1ccc2n(c1=O)C[C@H]1C[C@@H]2CN(C2CCC2)C1. The number of hydrogen-bond donors (Lipinski definition) is 0. The number of piperidine rings is 1. The van der Waals surface area contributed by atoms with E-state index in [-0.39, 0.29) is 5.56 Å². The highest BCUT2D eigenvalue weighted by Gasteiger charge is 2.38. The second-order valence-electron chi connectivity index (χ2n) is 9.44. The average Bonchev–Trinajstić information content (AvgIpc) is 2.70. The molecule has 0 radical (unpaired) electrons. The molecular formula is C25H33N3O2. The topological polar surface area (TPSA) is 37.7 Å². The number of fused-ring (bicyclic) bond motifs is 4. The van der Waals surface area contributed by atoms with Gasteiger partial charge in [-0.1, -0.05) is 30.7 Å². The molecule has 160 valence electrons. The van der Waals surface area contributed by atoms with Gasteiger partial charge in [-0.05, 0) is 50.4 Å². The third-order valence-corrected chi connectivity index (χ3v) is 7.23. The first-order valence-electron chi connectivity index (χ1n) is 11.5. The molecule has 2 aromatic rings. The van der Waals surface area contributed by atoms with E-state index in [4.69, 9.17) is 4.74 Å². The van der Waals surface area contributed by atoms with Crippen molar-refractivity contribution in [1.29, 1.82) is 0 Å². The van der Waals surface area contributed by atoms with Crippen LogP contribution in [0, 0.1) is 5.92 Å². The fraction of sp³-hybridized carbons (Fsp3) is 0.560. The van der Waals surface area contributed by atoms with Crippen LogP contribution in [0.1, 0.15) is 42.9 Å². The number of nitrogens with zero attached hydrogens (tertiary/aromatic N) is 3. The lowest BCUT2D eigenvalue weighted by Gasteiger charge is -2.48. The molecule has 2 atom stereocenters. The van der Waals surface area contributed by atoms with Crippen molar-refractivity contribution in [3.05, 3.63) is 64.1 Å². The fourth-order valence-electron chi connectivity index (χ4n) is 5.40. The molecule has 0 spiro atoms. The molecule has 0 N–H and O–H groups in total. The van der Waals surface area contributed by atoms with Crippen LogP contribution < -0.4 is 10.3 Å². The average molecular weight is 408 g/mol. The highest BCUT2D eigenvalue weighted by molar-refractivity contribution is 5.23. The summed E-state index contributed by atoms with van der Waals surface area (Å²) in [7, 11) is 2.06. The zero-order valence-corrected chi connectivity index (χ0v) is 18.0. The van der Waals surface area contributed by atoms with Gasteiger partial charge >= 0.3 is 0 Å². The highest BCUT2D eigenvalue weighted by atomic mass is 16.5. The van der Waals surface area contributed by atoms with E-state index in [0.29, 0.717) is 25.0 Å². The van der Waals surface area contributed by atoms with Crippen molar-refractivity contribution in [1.82, 2.24) is 14.4 Å². The number of pyridine rings is 1. The van der Waals surface area contributed by atoms with Crippen molar-refractivity contribution >= 4 is 0 Å². The molecule has 1 aromatic heterocycles. The molecular weight excluding hydrogens is 374 g/mol. The minimum absolute atomic E-state index is 0.218. The van der Waals surface area contributed by atoms with Gasteiger partial charge in [-0.25, -0.2) is 0 Å². The number of benzene rings is 1. The summed E-state index contributed by atoms with van der Waals surface area (Å²) in [6.07, 6.45) is 5.37. The summed E-state index contributed by atoms with van der Waals surface area (Å²) in [6.45, 7) is 5.28. The standard InChI is InChI=1S/C25H33N3O2/c1-26(12-13-30-23-8-3-2-4-9-23)17-20-10-11-24-21-14-19(16-28(24)25(20)29)15-27(18-21)22-6-5-7-22/h2-4,8-11,19,21-22H,5-7,12-18H2,1H3/t19-,21+/m0/s1. The molecule has 1 aromatic carbocycles. The van der Waals surface area contributed by atoms with Gasteiger partial charge in [0.1, 0.15) is 12.4 Å². The van der Waals surface area contributed by atoms with Crippen molar-refractivity contribution in [3.8, 4) is 5.75 Å². The molecule has 2 aliphatic heterocycles. The molecule has 30 heavy (non-hydrogen) atoms. The van der Waals surface area contributed by atoms with Crippen molar-refractivity contribution < 1.29 is 4.74 Å². The number of likely N-dealkylation sites (tertiary alicyclic amines) is 1. The number of para-hydroxylation sites is 1. The van der Waals surface area contributed by atoms with E-state index >= 15 is 0 Å². The molecule has 0 unspecified atom stereocenters. The lowest BCUT2D eigenvalue weighted by molar-refractivity contribution is 0.0475.